The number of aromatic hydroxyl groups is 1. The molecule has 0 aliphatic carbocycles. The first-order valence-corrected chi connectivity index (χ1v) is 9.29. The van der Waals surface area contributed by atoms with Gasteiger partial charge in [0.1, 0.15) is 11.3 Å². The van der Waals surface area contributed by atoms with Gasteiger partial charge in [-0.15, -0.1) is 0 Å². The molecule has 0 spiro atoms. The first-order chi connectivity index (χ1) is 13.5. The quantitative estimate of drug-likeness (QED) is 0.601. The van der Waals surface area contributed by atoms with Gasteiger partial charge in [-0.1, -0.05) is 54.6 Å². The van der Waals surface area contributed by atoms with Gasteiger partial charge in [0.25, 0.3) is 5.56 Å². The molecule has 0 amide bonds. The zero-order chi connectivity index (χ0) is 19.7. The average Bonchev–Trinajstić information content (AvgIpc) is 2.71. The highest BCUT2D eigenvalue weighted by molar-refractivity contribution is 7.80. The lowest BCUT2D eigenvalue weighted by Crippen LogP contribution is -2.45. The maximum atomic E-state index is 12.9. The number of hydrogen-bond donors (Lipinski definition) is 3. The average molecular weight is 389 g/mol. The third kappa shape index (κ3) is 3.30. The number of nitrogens with one attached hydrogen (secondary N) is 2. The van der Waals surface area contributed by atoms with Crippen molar-refractivity contribution in [3.05, 3.63) is 88.2 Å². The molecule has 3 N–H and O–H groups in total. The molecular formula is C22H19N3O2S. The van der Waals surface area contributed by atoms with Crippen LogP contribution in [0.3, 0.4) is 0 Å². The van der Waals surface area contributed by atoms with Gasteiger partial charge in [0.15, 0.2) is 5.11 Å². The van der Waals surface area contributed by atoms with E-state index in [4.69, 9.17) is 12.2 Å². The van der Waals surface area contributed by atoms with E-state index in [2.05, 4.69) is 10.6 Å². The van der Waals surface area contributed by atoms with E-state index in [-0.39, 0.29) is 22.9 Å². The number of aromatic nitrogens is 1. The first-order valence-electron chi connectivity index (χ1n) is 8.88. The molecule has 0 unspecified atom stereocenters. The van der Waals surface area contributed by atoms with Crippen LogP contribution in [0.4, 0.5) is 0 Å². The first kappa shape index (κ1) is 18.0. The van der Waals surface area contributed by atoms with Crippen molar-refractivity contribution < 1.29 is 5.11 Å². The highest BCUT2D eigenvalue weighted by Gasteiger charge is 2.22. The molecule has 2 heterocycles. The molecule has 5 nitrogen and oxygen atoms in total. The summed E-state index contributed by atoms with van der Waals surface area (Å²) in [4.78, 5) is 12.9. The van der Waals surface area contributed by atoms with Gasteiger partial charge in [-0.25, -0.2) is 0 Å². The Morgan fingerprint density at radius 2 is 1.82 bits per heavy atom. The molecule has 0 fully saturated rings. The van der Waals surface area contributed by atoms with E-state index in [9.17, 15) is 9.90 Å². The number of pyridine rings is 1. The lowest BCUT2D eigenvalue weighted by atomic mass is 10.0. The molecule has 1 aliphatic heterocycles. The van der Waals surface area contributed by atoms with E-state index in [0.717, 1.165) is 5.56 Å². The number of fused-ring (bicyclic) bond motifs is 1. The summed E-state index contributed by atoms with van der Waals surface area (Å²) in [7, 11) is 1.69. The van der Waals surface area contributed by atoms with Gasteiger partial charge in [-0.3, -0.25) is 4.79 Å². The van der Waals surface area contributed by atoms with Gasteiger partial charge in [0.05, 0.1) is 17.3 Å². The smallest absolute Gasteiger partial charge is 0.263 e. The second-order valence-corrected chi connectivity index (χ2v) is 6.99. The highest BCUT2D eigenvalue weighted by Crippen LogP contribution is 2.30. The second kappa shape index (κ2) is 7.32. The fourth-order valence-corrected chi connectivity index (χ4v) is 3.57. The molecule has 6 heteroatoms. The van der Waals surface area contributed by atoms with Crippen LogP contribution >= 0.6 is 12.2 Å². The Labute approximate surface area is 167 Å². The van der Waals surface area contributed by atoms with Crippen molar-refractivity contribution in [1.29, 1.82) is 0 Å². The number of hydrogen-bond acceptors (Lipinski definition) is 3. The van der Waals surface area contributed by atoms with Crippen LogP contribution in [-0.4, -0.2) is 20.8 Å². The van der Waals surface area contributed by atoms with E-state index in [0.29, 0.717) is 21.7 Å². The molecule has 0 saturated carbocycles. The van der Waals surface area contributed by atoms with Crippen LogP contribution in [0, 0.1) is 0 Å². The van der Waals surface area contributed by atoms with E-state index in [1.165, 1.54) is 4.57 Å². The normalized spacial score (nSPS) is 16.7. The zero-order valence-corrected chi connectivity index (χ0v) is 16.0. The van der Waals surface area contributed by atoms with Gasteiger partial charge in [0.2, 0.25) is 0 Å². The van der Waals surface area contributed by atoms with Crippen molar-refractivity contribution in [2.75, 3.05) is 0 Å². The third-order valence-corrected chi connectivity index (χ3v) is 4.95. The molecule has 140 valence electrons. The Balaban J connectivity index is 1.80. The predicted octanol–water partition coefficient (Wildman–Crippen LogP) is 3.14. The zero-order valence-electron chi connectivity index (χ0n) is 15.2. The van der Waals surface area contributed by atoms with Gasteiger partial charge in [-0.05, 0) is 36.0 Å². The molecule has 28 heavy (non-hydrogen) atoms. The van der Waals surface area contributed by atoms with Gasteiger partial charge >= 0.3 is 0 Å². The molecule has 1 atom stereocenters. The van der Waals surface area contributed by atoms with Crippen LogP contribution in [0.2, 0.25) is 0 Å². The third-order valence-electron chi connectivity index (χ3n) is 4.73. The summed E-state index contributed by atoms with van der Waals surface area (Å²) in [5, 5.41) is 18.0. The number of rotatable bonds is 3. The molecule has 1 aliphatic rings. The van der Waals surface area contributed by atoms with Gasteiger partial charge in [-0.2, -0.15) is 0 Å². The summed E-state index contributed by atoms with van der Waals surface area (Å²) in [6.45, 7) is 0. The minimum Gasteiger partial charge on any atom is -0.506 e. The minimum atomic E-state index is -0.287. The molecule has 2 aromatic carbocycles. The monoisotopic (exact) mass is 389 g/mol. The second-order valence-electron chi connectivity index (χ2n) is 6.58. The van der Waals surface area contributed by atoms with Crippen molar-refractivity contribution >= 4 is 40.0 Å². The van der Waals surface area contributed by atoms with Crippen molar-refractivity contribution in [3.8, 4) is 5.75 Å². The minimum absolute atomic E-state index is 0.0482. The largest absolute Gasteiger partial charge is 0.506 e. The Morgan fingerprint density at radius 1 is 1.11 bits per heavy atom. The summed E-state index contributed by atoms with van der Waals surface area (Å²) in [5.74, 6) is -0.0482. The van der Waals surface area contributed by atoms with E-state index in [1.807, 2.05) is 60.7 Å². The maximum absolute atomic E-state index is 12.9. The lowest BCUT2D eigenvalue weighted by Gasteiger charge is -2.24. The molecule has 1 aromatic heterocycles. The number of para-hydroxylation sites is 1. The molecule has 4 rings (SSSR count). The van der Waals surface area contributed by atoms with Crippen molar-refractivity contribution in [3.63, 3.8) is 0 Å². The topological polar surface area (TPSA) is 66.3 Å². The number of benzene rings is 2. The molecule has 0 bridgehead atoms. The molecule has 0 radical (unpaired) electrons. The summed E-state index contributed by atoms with van der Waals surface area (Å²) in [5.41, 5.74) is 2.16. The number of aryl methyl sites for hydroxylation is 1. The van der Waals surface area contributed by atoms with E-state index < -0.39 is 0 Å². The van der Waals surface area contributed by atoms with Crippen LogP contribution in [0.15, 0.2) is 71.5 Å². The summed E-state index contributed by atoms with van der Waals surface area (Å²) < 4.78 is 1.53. The van der Waals surface area contributed by atoms with Crippen LogP contribution in [0.5, 0.6) is 5.75 Å². The number of nitrogens with zero attached hydrogens (tertiary/aromatic N) is 1. The van der Waals surface area contributed by atoms with E-state index in [1.54, 1.807) is 19.2 Å². The number of thiocarbonyl (C=S) groups is 1. The predicted molar refractivity (Wildman–Crippen MR) is 117 cm³/mol. The fourth-order valence-electron chi connectivity index (χ4n) is 3.32. The van der Waals surface area contributed by atoms with Crippen molar-refractivity contribution in [2.24, 2.45) is 7.05 Å². The summed E-state index contributed by atoms with van der Waals surface area (Å²) in [6, 6.07) is 17.0. The van der Waals surface area contributed by atoms with Crippen LogP contribution in [0.25, 0.3) is 22.7 Å². The SMILES string of the molecule is Cn1c(=O)c(C2=C[C@@H](C=Cc3ccccc3)NC(=S)N2)c(O)c2ccccc21. The van der Waals surface area contributed by atoms with Gasteiger partial charge < -0.3 is 20.3 Å². The molecular weight excluding hydrogens is 370 g/mol. The summed E-state index contributed by atoms with van der Waals surface area (Å²) in [6.07, 6.45) is 5.80. The van der Waals surface area contributed by atoms with Crippen molar-refractivity contribution in [1.82, 2.24) is 15.2 Å². The Kier molecular flexibility index (Phi) is 4.71. The Morgan fingerprint density at radius 3 is 2.61 bits per heavy atom. The fraction of sp³-hybridized carbons (Fsp3) is 0.0909. The van der Waals surface area contributed by atoms with Crippen LogP contribution in [0.1, 0.15) is 11.1 Å². The Bertz CT molecular complexity index is 1180. The lowest BCUT2D eigenvalue weighted by molar-refractivity contribution is 0.477. The van der Waals surface area contributed by atoms with Crippen LogP contribution < -0.4 is 16.2 Å². The van der Waals surface area contributed by atoms with Crippen molar-refractivity contribution in [2.45, 2.75) is 6.04 Å². The van der Waals surface area contributed by atoms with Crippen LogP contribution in [-0.2, 0) is 7.05 Å². The molecule has 3 aromatic rings. The van der Waals surface area contributed by atoms with Gasteiger partial charge in [0, 0.05) is 12.4 Å². The van der Waals surface area contributed by atoms with E-state index >= 15 is 0 Å². The summed E-state index contributed by atoms with van der Waals surface area (Å²) >= 11 is 5.32. The molecule has 0 saturated heterocycles. The standard InChI is InChI=1S/C22H19N3O2S/c1-25-18-10-6-5-9-16(18)20(26)19(21(25)27)17-13-15(23-22(28)24-17)12-11-14-7-3-2-4-8-14/h2-13,15,26H,1H3,(H2,23,24,28)/t15-/m1/s1. The maximum Gasteiger partial charge on any atom is 0.263 e. The highest BCUT2D eigenvalue weighted by atomic mass is 32.1. The Hall–Kier alpha value is -3.38.